The minimum absolute atomic E-state index is 0.0343. The molecule has 1 aromatic rings. The number of benzene rings is 1. The van der Waals surface area contributed by atoms with E-state index in [-0.39, 0.29) is 5.54 Å². The van der Waals surface area contributed by atoms with Gasteiger partial charge in [0, 0.05) is 5.56 Å². The van der Waals surface area contributed by atoms with E-state index in [1.54, 1.807) is 0 Å². The quantitative estimate of drug-likeness (QED) is 0.604. The van der Waals surface area contributed by atoms with Crippen LogP contribution in [0.4, 0.5) is 5.69 Å². The fraction of sp³-hybridized carbons (Fsp3) is 0.455. The second kappa shape index (κ2) is 2.74. The van der Waals surface area contributed by atoms with E-state index in [9.17, 15) is 0 Å². The van der Waals surface area contributed by atoms with Gasteiger partial charge in [-0.05, 0) is 26.8 Å². The number of anilines is 1. The van der Waals surface area contributed by atoms with Crippen LogP contribution >= 0.6 is 0 Å². The Morgan fingerprint density at radius 1 is 1.23 bits per heavy atom. The number of para-hydroxylation sites is 1. The summed E-state index contributed by atoms with van der Waals surface area (Å²) in [6.45, 7) is 7.15. The lowest BCUT2D eigenvalue weighted by Crippen LogP contribution is -2.38. The van der Waals surface area contributed by atoms with Crippen LogP contribution in [0.15, 0.2) is 24.3 Å². The predicted molar refractivity (Wildman–Crippen MR) is 53.5 cm³/mol. The van der Waals surface area contributed by atoms with E-state index >= 15 is 0 Å². The molecule has 0 aliphatic carbocycles. The highest BCUT2D eigenvalue weighted by Crippen LogP contribution is 2.33. The molecular weight excluding hydrogens is 162 g/mol. The molecule has 1 heterocycles. The fourth-order valence-electron chi connectivity index (χ4n) is 1.59. The second-order valence-corrected chi connectivity index (χ2v) is 4.37. The Kier molecular flexibility index (Phi) is 1.81. The monoisotopic (exact) mass is 177 g/mol. The summed E-state index contributed by atoms with van der Waals surface area (Å²) in [6, 6.07) is 8.31. The van der Waals surface area contributed by atoms with Gasteiger partial charge in [0.15, 0.2) is 0 Å². The number of hydrogen-bond donors (Lipinski definition) is 0. The van der Waals surface area contributed by atoms with Crippen molar-refractivity contribution in [1.29, 1.82) is 0 Å². The van der Waals surface area contributed by atoms with Gasteiger partial charge in [0.25, 0.3) is 0 Å². The van der Waals surface area contributed by atoms with E-state index in [0.29, 0.717) is 6.61 Å². The first-order chi connectivity index (χ1) is 6.09. The van der Waals surface area contributed by atoms with Crippen molar-refractivity contribution in [3.05, 3.63) is 29.8 Å². The molecule has 0 N–H and O–H groups in total. The van der Waals surface area contributed by atoms with Gasteiger partial charge in [-0.25, -0.2) is 5.06 Å². The van der Waals surface area contributed by atoms with Crippen molar-refractivity contribution >= 4 is 5.69 Å². The molecule has 70 valence electrons. The van der Waals surface area contributed by atoms with Crippen molar-refractivity contribution in [2.24, 2.45) is 0 Å². The van der Waals surface area contributed by atoms with E-state index in [0.717, 1.165) is 0 Å². The molecule has 2 rings (SSSR count). The third kappa shape index (κ3) is 1.42. The first-order valence-electron chi connectivity index (χ1n) is 4.60. The van der Waals surface area contributed by atoms with Crippen LogP contribution in [-0.4, -0.2) is 5.54 Å². The molecule has 0 fully saturated rings. The molecule has 0 unspecified atom stereocenters. The molecule has 1 aromatic carbocycles. The van der Waals surface area contributed by atoms with Crippen LogP contribution in [0.25, 0.3) is 0 Å². The molecule has 2 heteroatoms. The highest BCUT2D eigenvalue weighted by atomic mass is 16.7. The molecule has 0 bridgehead atoms. The lowest BCUT2D eigenvalue weighted by atomic mass is 10.1. The Labute approximate surface area is 79.1 Å². The summed E-state index contributed by atoms with van der Waals surface area (Å²) in [6.07, 6.45) is 0. The molecule has 0 radical (unpaired) electrons. The molecule has 0 amide bonds. The molecule has 1 aliphatic rings. The highest BCUT2D eigenvalue weighted by molar-refractivity contribution is 5.55. The Morgan fingerprint density at radius 3 is 2.62 bits per heavy atom. The van der Waals surface area contributed by atoms with Gasteiger partial charge >= 0.3 is 0 Å². The summed E-state index contributed by atoms with van der Waals surface area (Å²) in [7, 11) is 0. The van der Waals surface area contributed by atoms with E-state index < -0.39 is 0 Å². The largest absolute Gasteiger partial charge is 0.268 e. The molecule has 0 atom stereocenters. The third-order valence-corrected chi connectivity index (χ3v) is 2.17. The average molecular weight is 177 g/mol. The molecule has 1 aliphatic heterocycles. The average Bonchev–Trinajstić information content (AvgIpc) is 2.45. The van der Waals surface area contributed by atoms with E-state index in [1.807, 2.05) is 17.2 Å². The maximum atomic E-state index is 5.62. The van der Waals surface area contributed by atoms with Crippen LogP contribution in [0.5, 0.6) is 0 Å². The van der Waals surface area contributed by atoms with E-state index in [4.69, 9.17) is 4.84 Å². The van der Waals surface area contributed by atoms with Crippen LogP contribution in [0, 0.1) is 0 Å². The van der Waals surface area contributed by atoms with Crippen LogP contribution in [0.2, 0.25) is 0 Å². The van der Waals surface area contributed by atoms with Crippen LogP contribution < -0.4 is 5.06 Å². The number of fused-ring (bicyclic) bond motifs is 1. The minimum atomic E-state index is 0.0343. The van der Waals surface area contributed by atoms with Crippen molar-refractivity contribution in [2.75, 3.05) is 5.06 Å². The van der Waals surface area contributed by atoms with Gasteiger partial charge in [0.2, 0.25) is 0 Å². The maximum Gasteiger partial charge on any atom is 0.102 e. The lowest BCUT2D eigenvalue weighted by Gasteiger charge is -2.32. The fourth-order valence-corrected chi connectivity index (χ4v) is 1.59. The van der Waals surface area contributed by atoms with Gasteiger partial charge in [-0.2, -0.15) is 0 Å². The van der Waals surface area contributed by atoms with Gasteiger partial charge in [0.1, 0.15) is 6.61 Å². The summed E-state index contributed by atoms with van der Waals surface area (Å²) in [5, 5.41) is 1.99. The Bertz CT molecular complexity index is 314. The zero-order valence-electron chi connectivity index (χ0n) is 8.37. The van der Waals surface area contributed by atoms with Crippen LogP contribution in [0.1, 0.15) is 26.3 Å². The first-order valence-corrected chi connectivity index (χ1v) is 4.60. The summed E-state index contributed by atoms with van der Waals surface area (Å²) in [5.74, 6) is 0. The van der Waals surface area contributed by atoms with Crippen molar-refractivity contribution in [3.63, 3.8) is 0 Å². The van der Waals surface area contributed by atoms with Gasteiger partial charge in [-0.1, -0.05) is 18.2 Å². The summed E-state index contributed by atoms with van der Waals surface area (Å²) in [4.78, 5) is 5.62. The smallest absolute Gasteiger partial charge is 0.102 e. The minimum Gasteiger partial charge on any atom is -0.268 e. The topological polar surface area (TPSA) is 12.5 Å². The van der Waals surface area contributed by atoms with E-state index in [2.05, 4.69) is 32.9 Å². The Hall–Kier alpha value is -1.02. The summed E-state index contributed by atoms with van der Waals surface area (Å²) in [5.41, 5.74) is 2.51. The molecule has 13 heavy (non-hydrogen) atoms. The third-order valence-electron chi connectivity index (χ3n) is 2.17. The predicted octanol–water partition coefficient (Wildman–Crippen LogP) is 2.74. The number of hydrogen-bond acceptors (Lipinski definition) is 2. The van der Waals surface area contributed by atoms with Crippen molar-refractivity contribution in [1.82, 2.24) is 0 Å². The van der Waals surface area contributed by atoms with Crippen LogP contribution in [-0.2, 0) is 11.4 Å². The molecule has 0 saturated carbocycles. The Balaban J connectivity index is 2.39. The second-order valence-electron chi connectivity index (χ2n) is 4.37. The molecular formula is C11H15NO. The molecule has 2 nitrogen and oxygen atoms in total. The number of hydroxylamine groups is 1. The van der Waals surface area contributed by atoms with Crippen molar-refractivity contribution in [2.45, 2.75) is 32.9 Å². The van der Waals surface area contributed by atoms with Crippen molar-refractivity contribution < 1.29 is 4.84 Å². The van der Waals surface area contributed by atoms with Gasteiger partial charge in [-0.3, -0.25) is 4.84 Å². The molecule has 0 saturated heterocycles. The lowest BCUT2D eigenvalue weighted by molar-refractivity contribution is 0.0754. The molecule has 0 spiro atoms. The zero-order chi connectivity index (χ0) is 9.47. The zero-order valence-corrected chi connectivity index (χ0v) is 8.37. The van der Waals surface area contributed by atoms with E-state index in [1.165, 1.54) is 11.3 Å². The van der Waals surface area contributed by atoms with Gasteiger partial charge in [-0.15, -0.1) is 0 Å². The highest BCUT2D eigenvalue weighted by Gasteiger charge is 2.29. The Morgan fingerprint density at radius 2 is 1.92 bits per heavy atom. The standard InChI is InChI=1S/C11H15NO/c1-11(2,3)12-10-7-5-4-6-9(10)8-13-12/h4-7H,8H2,1-3H3. The summed E-state index contributed by atoms with van der Waals surface area (Å²) >= 11 is 0. The van der Waals surface area contributed by atoms with Crippen molar-refractivity contribution in [3.8, 4) is 0 Å². The molecule has 0 aromatic heterocycles. The number of rotatable bonds is 0. The normalized spacial score (nSPS) is 16.1. The van der Waals surface area contributed by atoms with Crippen LogP contribution in [0.3, 0.4) is 0 Å². The maximum absolute atomic E-state index is 5.62. The first kappa shape index (κ1) is 8.57. The van der Waals surface area contributed by atoms with Gasteiger partial charge in [0.05, 0.1) is 11.2 Å². The van der Waals surface area contributed by atoms with Gasteiger partial charge < -0.3 is 0 Å². The summed E-state index contributed by atoms with van der Waals surface area (Å²) < 4.78 is 0. The number of nitrogens with zero attached hydrogens (tertiary/aromatic N) is 1. The SMILES string of the molecule is CC(C)(C)N1OCc2ccccc21.